The van der Waals surface area contributed by atoms with E-state index in [4.69, 9.17) is 0 Å². The second-order valence-electron chi connectivity index (χ2n) is 5.49. The predicted molar refractivity (Wildman–Crippen MR) is 77.2 cm³/mol. The molecule has 0 unspecified atom stereocenters. The van der Waals surface area contributed by atoms with E-state index in [-0.39, 0.29) is 6.03 Å². The zero-order valence-corrected chi connectivity index (χ0v) is 12.3. The van der Waals surface area contributed by atoms with Gasteiger partial charge in [-0.2, -0.15) is 11.8 Å². The lowest BCUT2D eigenvalue weighted by Crippen LogP contribution is -2.50. The molecule has 2 aliphatic heterocycles. The van der Waals surface area contributed by atoms with Crippen LogP contribution in [-0.2, 0) is 0 Å². The van der Waals surface area contributed by atoms with Gasteiger partial charge in [0.2, 0.25) is 0 Å². The number of thioether (sulfide) groups is 1. The maximum atomic E-state index is 11.8. The number of nitrogens with zero attached hydrogens (tertiary/aromatic N) is 2. The molecule has 0 spiro atoms. The Kier molecular flexibility index (Phi) is 5.18. The maximum Gasteiger partial charge on any atom is 0.319 e. The van der Waals surface area contributed by atoms with Crippen LogP contribution in [0.5, 0.6) is 0 Å². The van der Waals surface area contributed by atoms with E-state index in [1.165, 1.54) is 24.3 Å². The first kappa shape index (κ1) is 14.0. The predicted octanol–water partition coefficient (Wildman–Crippen LogP) is 1.62. The summed E-state index contributed by atoms with van der Waals surface area (Å²) in [6, 6.07) is 1.49. The van der Waals surface area contributed by atoms with E-state index >= 15 is 0 Å². The fourth-order valence-corrected chi connectivity index (χ4v) is 3.82. The molecule has 0 aliphatic carbocycles. The molecule has 2 amide bonds. The van der Waals surface area contributed by atoms with Gasteiger partial charge in [-0.05, 0) is 37.2 Å². The van der Waals surface area contributed by atoms with Crippen molar-refractivity contribution in [3.63, 3.8) is 0 Å². The minimum absolute atomic E-state index is 0.155. The highest BCUT2D eigenvalue weighted by molar-refractivity contribution is 7.99. The van der Waals surface area contributed by atoms with E-state index < -0.39 is 0 Å². The Morgan fingerprint density at radius 2 is 1.67 bits per heavy atom. The number of carbonyl (C=O) groups is 1. The third kappa shape index (κ3) is 3.79. The molecule has 2 saturated heterocycles. The van der Waals surface area contributed by atoms with Crippen LogP contribution >= 0.6 is 11.8 Å². The summed E-state index contributed by atoms with van der Waals surface area (Å²) in [5.41, 5.74) is 0. The fraction of sp³-hybridized carbons (Fsp3) is 0.923. The Labute approximate surface area is 114 Å². The van der Waals surface area contributed by atoms with Crippen molar-refractivity contribution >= 4 is 17.8 Å². The Morgan fingerprint density at radius 1 is 1.11 bits per heavy atom. The van der Waals surface area contributed by atoms with Gasteiger partial charge in [-0.25, -0.2) is 4.79 Å². The summed E-state index contributed by atoms with van der Waals surface area (Å²) in [6.07, 6.45) is 4.81. The zero-order valence-electron chi connectivity index (χ0n) is 11.5. The highest BCUT2D eigenvalue weighted by Gasteiger charge is 2.25. The van der Waals surface area contributed by atoms with Crippen LogP contribution in [0.25, 0.3) is 0 Å². The van der Waals surface area contributed by atoms with Gasteiger partial charge in [0, 0.05) is 39.3 Å². The molecule has 1 N–H and O–H groups in total. The first-order chi connectivity index (χ1) is 8.66. The van der Waals surface area contributed by atoms with Crippen molar-refractivity contribution in [2.24, 2.45) is 0 Å². The first-order valence-corrected chi connectivity index (χ1v) is 8.12. The number of rotatable bonds is 2. The summed E-state index contributed by atoms with van der Waals surface area (Å²) in [6.45, 7) is 1.80. The number of likely N-dealkylation sites (tertiary alicyclic amines) is 1. The van der Waals surface area contributed by atoms with Crippen LogP contribution in [0.1, 0.15) is 25.7 Å². The van der Waals surface area contributed by atoms with Crippen LogP contribution in [0.3, 0.4) is 0 Å². The van der Waals surface area contributed by atoms with Gasteiger partial charge in [-0.15, -0.1) is 0 Å². The summed E-state index contributed by atoms with van der Waals surface area (Å²) in [4.78, 5) is 15.5. The molecule has 0 aromatic heterocycles. The minimum Gasteiger partial charge on any atom is -0.331 e. The molecule has 2 heterocycles. The SMILES string of the molecule is CN(C)C(=O)N1CCC(NC2CCSCC2)CC1. The Hall–Kier alpha value is -0.420. The molecule has 104 valence electrons. The van der Waals surface area contributed by atoms with Crippen LogP contribution in [0, 0.1) is 0 Å². The van der Waals surface area contributed by atoms with Gasteiger partial charge in [0.15, 0.2) is 0 Å². The van der Waals surface area contributed by atoms with Crippen molar-refractivity contribution in [2.45, 2.75) is 37.8 Å². The minimum atomic E-state index is 0.155. The van der Waals surface area contributed by atoms with E-state index in [1.54, 1.807) is 4.90 Å². The molecule has 4 nitrogen and oxygen atoms in total. The average molecular weight is 271 g/mol. The summed E-state index contributed by atoms with van der Waals surface area (Å²) >= 11 is 2.07. The third-order valence-electron chi connectivity index (χ3n) is 3.84. The number of hydrogen-bond donors (Lipinski definition) is 1. The Balaban J connectivity index is 1.71. The number of amides is 2. The molecule has 0 aromatic rings. The average Bonchev–Trinajstić information content (AvgIpc) is 2.40. The normalized spacial score (nSPS) is 23.1. The highest BCUT2D eigenvalue weighted by atomic mass is 32.2. The molecule has 0 atom stereocenters. The largest absolute Gasteiger partial charge is 0.331 e. The Morgan fingerprint density at radius 3 is 2.22 bits per heavy atom. The lowest BCUT2D eigenvalue weighted by molar-refractivity contribution is 0.150. The van der Waals surface area contributed by atoms with E-state index in [1.807, 2.05) is 19.0 Å². The van der Waals surface area contributed by atoms with Gasteiger partial charge in [-0.3, -0.25) is 0 Å². The van der Waals surface area contributed by atoms with Crippen LogP contribution in [-0.4, -0.2) is 66.6 Å². The molecule has 2 aliphatic rings. The highest BCUT2D eigenvalue weighted by Crippen LogP contribution is 2.19. The third-order valence-corrected chi connectivity index (χ3v) is 4.89. The van der Waals surface area contributed by atoms with E-state index in [2.05, 4.69) is 17.1 Å². The molecule has 2 rings (SSSR count). The van der Waals surface area contributed by atoms with Crippen LogP contribution < -0.4 is 5.32 Å². The van der Waals surface area contributed by atoms with E-state index in [9.17, 15) is 4.79 Å². The van der Waals surface area contributed by atoms with Gasteiger partial charge in [0.25, 0.3) is 0 Å². The van der Waals surface area contributed by atoms with Crippen molar-refractivity contribution in [3.05, 3.63) is 0 Å². The number of hydrogen-bond acceptors (Lipinski definition) is 3. The molecule has 18 heavy (non-hydrogen) atoms. The summed E-state index contributed by atoms with van der Waals surface area (Å²) in [7, 11) is 3.65. The number of nitrogens with one attached hydrogen (secondary N) is 1. The molecule has 0 aromatic carbocycles. The second-order valence-corrected chi connectivity index (χ2v) is 6.72. The van der Waals surface area contributed by atoms with Crippen LogP contribution in [0.4, 0.5) is 4.79 Å². The zero-order chi connectivity index (χ0) is 13.0. The summed E-state index contributed by atoms with van der Waals surface area (Å²) in [5.74, 6) is 2.60. The van der Waals surface area contributed by atoms with Gasteiger partial charge in [0.1, 0.15) is 0 Å². The van der Waals surface area contributed by atoms with Gasteiger partial charge < -0.3 is 15.1 Å². The molecule has 0 bridgehead atoms. The van der Waals surface area contributed by atoms with E-state index in [0.717, 1.165) is 25.9 Å². The molecule has 0 saturated carbocycles. The van der Waals surface area contributed by atoms with Gasteiger partial charge in [-0.1, -0.05) is 0 Å². The van der Waals surface area contributed by atoms with Crippen molar-refractivity contribution < 1.29 is 4.79 Å². The van der Waals surface area contributed by atoms with Gasteiger partial charge in [0.05, 0.1) is 0 Å². The summed E-state index contributed by atoms with van der Waals surface area (Å²) < 4.78 is 0. The van der Waals surface area contributed by atoms with Crippen molar-refractivity contribution in [1.29, 1.82) is 0 Å². The van der Waals surface area contributed by atoms with Crippen LogP contribution in [0.15, 0.2) is 0 Å². The maximum absolute atomic E-state index is 11.8. The number of urea groups is 1. The van der Waals surface area contributed by atoms with Crippen molar-refractivity contribution in [3.8, 4) is 0 Å². The quantitative estimate of drug-likeness (QED) is 0.829. The number of carbonyl (C=O) groups excluding carboxylic acids is 1. The fourth-order valence-electron chi connectivity index (χ4n) is 2.72. The van der Waals surface area contributed by atoms with Crippen LogP contribution in [0.2, 0.25) is 0 Å². The monoisotopic (exact) mass is 271 g/mol. The molecule has 2 fully saturated rings. The lowest BCUT2D eigenvalue weighted by Gasteiger charge is -2.36. The van der Waals surface area contributed by atoms with Crippen molar-refractivity contribution in [2.75, 3.05) is 38.7 Å². The smallest absolute Gasteiger partial charge is 0.319 e. The van der Waals surface area contributed by atoms with Gasteiger partial charge >= 0.3 is 6.03 Å². The molecule has 0 radical (unpaired) electrons. The molecular formula is C13H25N3OS. The first-order valence-electron chi connectivity index (χ1n) is 6.97. The second kappa shape index (κ2) is 6.66. The standard InChI is InChI=1S/C13H25N3OS/c1-15(2)13(17)16-7-3-11(4-8-16)14-12-5-9-18-10-6-12/h11-12,14H,3-10H2,1-2H3. The molecular weight excluding hydrogens is 246 g/mol. The Bertz CT molecular complexity index is 271. The van der Waals surface area contributed by atoms with E-state index in [0.29, 0.717) is 12.1 Å². The lowest BCUT2D eigenvalue weighted by atomic mass is 10.0. The molecule has 5 heteroatoms. The topological polar surface area (TPSA) is 35.6 Å². The number of piperidine rings is 1. The summed E-state index contributed by atoms with van der Waals surface area (Å²) in [5, 5.41) is 3.78. The van der Waals surface area contributed by atoms with Crippen molar-refractivity contribution in [1.82, 2.24) is 15.1 Å².